The van der Waals surface area contributed by atoms with E-state index in [9.17, 15) is 0 Å². The van der Waals surface area contributed by atoms with E-state index in [1.807, 2.05) is 0 Å². The van der Waals surface area contributed by atoms with Crippen LogP contribution in [0, 0.1) is 11.8 Å². The molecule has 3 nitrogen and oxygen atoms in total. The first-order chi connectivity index (χ1) is 7.31. The number of nitrogens with zero attached hydrogens (tertiary/aromatic N) is 1. The third-order valence-corrected chi connectivity index (χ3v) is 3.74. The standard InChI is InChI=1S/C12H23NO2/c1-2-15-12-5-10(6-12)3-4-13-7-11(8-13)9-14/h10-12,14H,2-9H2,1H3. The lowest BCUT2D eigenvalue weighted by atomic mass is 9.79. The zero-order valence-electron chi connectivity index (χ0n) is 9.69. The number of ether oxygens (including phenoxy) is 1. The minimum atomic E-state index is 0.367. The molecular weight excluding hydrogens is 190 g/mol. The maximum absolute atomic E-state index is 8.89. The highest BCUT2D eigenvalue weighted by atomic mass is 16.5. The monoisotopic (exact) mass is 213 g/mol. The van der Waals surface area contributed by atoms with Crippen LogP contribution in [-0.4, -0.2) is 49.0 Å². The van der Waals surface area contributed by atoms with Crippen molar-refractivity contribution in [3.05, 3.63) is 0 Å². The molecule has 0 atom stereocenters. The van der Waals surface area contributed by atoms with Crippen LogP contribution in [0.4, 0.5) is 0 Å². The number of hydrogen-bond acceptors (Lipinski definition) is 3. The van der Waals surface area contributed by atoms with E-state index < -0.39 is 0 Å². The molecule has 1 saturated carbocycles. The Hall–Kier alpha value is -0.120. The minimum Gasteiger partial charge on any atom is -0.396 e. The average Bonchev–Trinajstić information content (AvgIpc) is 2.11. The molecule has 1 aliphatic heterocycles. The van der Waals surface area contributed by atoms with Crippen LogP contribution in [0.2, 0.25) is 0 Å². The van der Waals surface area contributed by atoms with Gasteiger partial charge >= 0.3 is 0 Å². The van der Waals surface area contributed by atoms with Crippen LogP contribution in [-0.2, 0) is 4.74 Å². The smallest absolute Gasteiger partial charge is 0.0580 e. The fraction of sp³-hybridized carbons (Fsp3) is 1.00. The Morgan fingerprint density at radius 3 is 2.60 bits per heavy atom. The summed E-state index contributed by atoms with van der Waals surface area (Å²) in [6.07, 6.45) is 4.42. The summed E-state index contributed by atoms with van der Waals surface area (Å²) in [5.74, 6) is 1.46. The van der Waals surface area contributed by atoms with Crippen LogP contribution >= 0.6 is 0 Å². The molecule has 15 heavy (non-hydrogen) atoms. The van der Waals surface area contributed by atoms with Crippen LogP contribution in [0.1, 0.15) is 26.2 Å². The molecule has 0 radical (unpaired) electrons. The van der Waals surface area contributed by atoms with Crippen molar-refractivity contribution in [3.8, 4) is 0 Å². The second kappa shape index (κ2) is 5.28. The quantitative estimate of drug-likeness (QED) is 0.717. The van der Waals surface area contributed by atoms with Crippen molar-refractivity contribution in [2.75, 3.05) is 32.8 Å². The zero-order valence-corrected chi connectivity index (χ0v) is 9.69. The Morgan fingerprint density at radius 2 is 2.00 bits per heavy atom. The molecule has 0 aromatic rings. The predicted molar refractivity (Wildman–Crippen MR) is 59.8 cm³/mol. The van der Waals surface area contributed by atoms with E-state index in [1.54, 1.807) is 0 Å². The lowest BCUT2D eigenvalue weighted by Crippen LogP contribution is -2.49. The molecule has 0 bridgehead atoms. The number of hydrogen-bond donors (Lipinski definition) is 1. The predicted octanol–water partition coefficient (Wildman–Crippen LogP) is 1.12. The van der Waals surface area contributed by atoms with Gasteiger partial charge < -0.3 is 14.7 Å². The second-order valence-electron chi connectivity index (χ2n) is 5.01. The topological polar surface area (TPSA) is 32.7 Å². The summed E-state index contributed by atoms with van der Waals surface area (Å²) in [4.78, 5) is 2.45. The summed E-state index contributed by atoms with van der Waals surface area (Å²) in [6.45, 7) is 6.74. The van der Waals surface area contributed by atoms with Gasteiger partial charge in [-0.05, 0) is 38.6 Å². The summed E-state index contributed by atoms with van der Waals surface area (Å²) in [7, 11) is 0. The fourth-order valence-electron chi connectivity index (χ4n) is 2.62. The van der Waals surface area contributed by atoms with E-state index in [1.165, 1.54) is 25.8 Å². The van der Waals surface area contributed by atoms with Crippen molar-refractivity contribution in [1.29, 1.82) is 0 Å². The van der Waals surface area contributed by atoms with E-state index in [0.717, 1.165) is 25.6 Å². The first-order valence-corrected chi connectivity index (χ1v) is 6.26. The maximum Gasteiger partial charge on any atom is 0.0580 e. The fourth-order valence-corrected chi connectivity index (χ4v) is 2.62. The number of aliphatic hydroxyl groups is 1. The van der Waals surface area contributed by atoms with Gasteiger partial charge in [0.25, 0.3) is 0 Å². The average molecular weight is 213 g/mol. The van der Waals surface area contributed by atoms with Gasteiger partial charge in [0.15, 0.2) is 0 Å². The van der Waals surface area contributed by atoms with Gasteiger partial charge in [0, 0.05) is 32.2 Å². The van der Waals surface area contributed by atoms with Crippen LogP contribution in [0.3, 0.4) is 0 Å². The molecule has 1 aliphatic carbocycles. The Balaban J connectivity index is 1.47. The van der Waals surface area contributed by atoms with Gasteiger partial charge in [0.05, 0.1) is 6.10 Å². The van der Waals surface area contributed by atoms with Gasteiger partial charge in [-0.1, -0.05) is 0 Å². The van der Waals surface area contributed by atoms with Crippen molar-refractivity contribution in [2.45, 2.75) is 32.3 Å². The van der Waals surface area contributed by atoms with E-state index in [0.29, 0.717) is 18.6 Å². The molecule has 88 valence electrons. The first-order valence-electron chi connectivity index (χ1n) is 6.26. The molecule has 0 unspecified atom stereocenters. The lowest BCUT2D eigenvalue weighted by Gasteiger charge is -2.41. The van der Waals surface area contributed by atoms with Gasteiger partial charge in [0.1, 0.15) is 0 Å². The second-order valence-corrected chi connectivity index (χ2v) is 5.01. The summed E-state index contributed by atoms with van der Waals surface area (Å²) in [5.41, 5.74) is 0. The van der Waals surface area contributed by atoms with E-state index in [4.69, 9.17) is 9.84 Å². The van der Waals surface area contributed by atoms with Gasteiger partial charge in [-0.3, -0.25) is 0 Å². The highest BCUT2D eigenvalue weighted by Crippen LogP contribution is 2.33. The SMILES string of the molecule is CCOC1CC(CCN2CC(CO)C2)C1. The summed E-state index contributed by atoms with van der Waals surface area (Å²) in [5, 5.41) is 8.89. The third kappa shape index (κ3) is 2.92. The Bertz CT molecular complexity index is 186. The molecule has 2 fully saturated rings. The Morgan fingerprint density at radius 1 is 1.27 bits per heavy atom. The van der Waals surface area contributed by atoms with Crippen molar-refractivity contribution >= 4 is 0 Å². The Kier molecular flexibility index (Phi) is 4.00. The Labute approximate surface area is 92.4 Å². The van der Waals surface area contributed by atoms with Crippen LogP contribution in [0.15, 0.2) is 0 Å². The van der Waals surface area contributed by atoms with Crippen molar-refractivity contribution in [3.63, 3.8) is 0 Å². The minimum absolute atomic E-state index is 0.367. The summed E-state index contributed by atoms with van der Waals surface area (Å²) in [6, 6.07) is 0. The van der Waals surface area contributed by atoms with E-state index in [-0.39, 0.29) is 0 Å². The van der Waals surface area contributed by atoms with Gasteiger partial charge in [-0.15, -0.1) is 0 Å². The molecule has 0 amide bonds. The molecule has 2 aliphatic rings. The first kappa shape index (κ1) is 11.4. The molecule has 0 aromatic carbocycles. The normalized spacial score (nSPS) is 32.4. The van der Waals surface area contributed by atoms with Crippen molar-refractivity contribution in [1.82, 2.24) is 4.90 Å². The summed E-state index contributed by atoms with van der Waals surface area (Å²) >= 11 is 0. The van der Waals surface area contributed by atoms with Crippen LogP contribution in [0.5, 0.6) is 0 Å². The van der Waals surface area contributed by atoms with Gasteiger partial charge in [0.2, 0.25) is 0 Å². The summed E-state index contributed by atoms with van der Waals surface area (Å²) < 4.78 is 5.54. The number of likely N-dealkylation sites (tertiary alicyclic amines) is 1. The molecule has 1 saturated heterocycles. The molecule has 3 heteroatoms. The maximum atomic E-state index is 8.89. The lowest BCUT2D eigenvalue weighted by molar-refractivity contribution is -0.0333. The number of rotatable bonds is 6. The van der Waals surface area contributed by atoms with Crippen LogP contribution in [0.25, 0.3) is 0 Å². The zero-order chi connectivity index (χ0) is 10.7. The largest absolute Gasteiger partial charge is 0.396 e. The molecule has 1 N–H and O–H groups in total. The number of aliphatic hydroxyl groups excluding tert-OH is 1. The molecule has 0 aromatic heterocycles. The van der Waals surface area contributed by atoms with E-state index in [2.05, 4.69) is 11.8 Å². The van der Waals surface area contributed by atoms with Gasteiger partial charge in [-0.2, -0.15) is 0 Å². The van der Waals surface area contributed by atoms with Crippen molar-refractivity contribution in [2.24, 2.45) is 11.8 Å². The van der Waals surface area contributed by atoms with Crippen molar-refractivity contribution < 1.29 is 9.84 Å². The molecule has 2 rings (SSSR count). The highest BCUT2D eigenvalue weighted by molar-refractivity contribution is 4.84. The molecule has 0 spiro atoms. The highest BCUT2D eigenvalue weighted by Gasteiger charge is 2.31. The van der Waals surface area contributed by atoms with E-state index >= 15 is 0 Å². The third-order valence-electron chi connectivity index (χ3n) is 3.74. The molecule has 1 heterocycles. The molecular formula is C12H23NO2. The van der Waals surface area contributed by atoms with Crippen LogP contribution < -0.4 is 0 Å². The van der Waals surface area contributed by atoms with Gasteiger partial charge in [-0.25, -0.2) is 0 Å².